The highest BCUT2D eigenvalue weighted by Gasteiger charge is 2.28. The van der Waals surface area contributed by atoms with Crippen LogP contribution in [0.2, 0.25) is 0 Å². The van der Waals surface area contributed by atoms with Crippen molar-refractivity contribution in [3.05, 3.63) is 94.4 Å². The van der Waals surface area contributed by atoms with Crippen LogP contribution < -0.4 is 5.32 Å². The van der Waals surface area contributed by atoms with Crippen molar-refractivity contribution in [3.63, 3.8) is 0 Å². The monoisotopic (exact) mass is 398 g/mol. The lowest BCUT2D eigenvalue weighted by molar-refractivity contribution is 0.392. The van der Waals surface area contributed by atoms with Crippen LogP contribution in [-0.4, -0.2) is 32.7 Å². The molecule has 0 saturated carbocycles. The van der Waals surface area contributed by atoms with Crippen LogP contribution in [0.5, 0.6) is 0 Å². The number of nitrogens with one attached hydrogen (secondary N) is 1. The fraction of sp³-hybridized carbons (Fsp3) is 0.217. The molecule has 0 spiro atoms. The first kappa shape index (κ1) is 18.4. The number of rotatable bonds is 4. The fourth-order valence-corrected chi connectivity index (χ4v) is 3.94. The Morgan fingerprint density at radius 2 is 1.77 bits per heavy atom. The normalized spacial score (nSPS) is 15.3. The van der Waals surface area contributed by atoms with Crippen molar-refractivity contribution in [1.29, 1.82) is 0 Å². The number of para-hydroxylation sites is 1. The molecule has 7 heteroatoms. The Morgan fingerprint density at radius 3 is 2.50 bits per heavy atom. The number of aryl methyl sites for hydroxylation is 2. The molecular formula is C23H22N6O. The van der Waals surface area contributed by atoms with E-state index in [0.717, 1.165) is 51.2 Å². The summed E-state index contributed by atoms with van der Waals surface area (Å²) in [5, 5.41) is 16.4. The summed E-state index contributed by atoms with van der Waals surface area (Å²) in [5.74, 6) is 2.40. The van der Waals surface area contributed by atoms with Gasteiger partial charge in [-0.3, -0.25) is 14.9 Å². The minimum Gasteiger partial charge on any atom is -0.361 e. The van der Waals surface area contributed by atoms with Crippen molar-refractivity contribution in [3.8, 4) is 5.69 Å². The molecule has 0 radical (unpaired) electrons. The molecule has 2 aromatic heterocycles. The van der Waals surface area contributed by atoms with Crippen LogP contribution in [0.1, 0.15) is 46.0 Å². The maximum atomic E-state index is 5.36. The summed E-state index contributed by atoms with van der Waals surface area (Å²) in [6, 6.07) is 18.5. The van der Waals surface area contributed by atoms with E-state index in [-0.39, 0.29) is 6.17 Å². The van der Waals surface area contributed by atoms with E-state index < -0.39 is 0 Å². The highest BCUT2D eigenvalue weighted by atomic mass is 16.5. The lowest BCUT2D eigenvalue weighted by Crippen LogP contribution is -2.19. The standard InChI is InChI=1S/C23H22N6O/c1-14-18(15(2)30-28-14)13-20-26-27-23-22(24-3)25-21(16-9-5-4-6-10-16)17-11-7-8-12-19(17)29(20)23/h4-12,22,24H,13H2,1-3H3. The average molecular weight is 398 g/mol. The highest BCUT2D eigenvalue weighted by molar-refractivity contribution is 6.15. The molecule has 2 aromatic carbocycles. The number of fused-ring (bicyclic) bond motifs is 3. The van der Waals surface area contributed by atoms with Crippen molar-refractivity contribution >= 4 is 5.71 Å². The Balaban J connectivity index is 1.72. The quantitative estimate of drug-likeness (QED) is 0.569. The fourth-order valence-electron chi connectivity index (χ4n) is 3.94. The van der Waals surface area contributed by atoms with Crippen LogP contribution in [0, 0.1) is 13.8 Å². The van der Waals surface area contributed by atoms with E-state index in [1.54, 1.807) is 0 Å². The SMILES string of the molecule is CNC1N=C(c2ccccc2)c2ccccc2-n2c(Cc3c(C)noc3C)nnc21. The molecular weight excluding hydrogens is 376 g/mol. The molecule has 30 heavy (non-hydrogen) atoms. The van der Waals surface area contributed by atoms with Gasteiger partial charge < -0.3 is 4.52 Å². The van der Waals surface area contributed by atoms with Crippen LogP contribution in [0.4, 0.5) is 0 Å². The van der Waals surface area contributed by atoms with Gasteiger partial charge in [-0.05, 0) is 27.0 Å². The van der Waals surface area contributed by atoms with E-state index in [2.05, 4.69) is 49.5 Å². The summed E-state index contributed by atoms with van der Waals surface area (Å²) in [4.78, 5) is 5.04. The Bertz CT molecular complexity index is 1220. The molecule has 1 unspecified atom stereocenters. The molecule has 150 valence electrons. The number of nitrogens with zero attached hydrogens (tertiary/aromatic N) is 5. The van der Waals surface area contributed by atoms with Crippen LogP contribution in [0.25, 0.3) is 5.69 Å². The van der Waals surface area contributed by atoms with Gasteiger partial charge in [-0.1, -0.05) is 53.7 Å². The highest BCUT2D eigenvalue weighted by Crippen LogP contribution is 2.30. The average Bonchev–Trinajstić information content (AvgIpc) is 3.29. The Kier molecular flexibility index (Phi) is 4.52. The van der Waals surface area contributed by atoms with Crippen molar-refractivity contribution < 1.29 is 4.52 Å². The predicted molar refractivity (Wildman–Crippen MR) is 114 cm³/mol. The molecule has 7 nitrogen and oxygen atoms in total. The molecule has 0 saturated heterocycles. The summed E-state index contributed by atoms with van der Waals surface area (Å²) in [6.45, 7) is 3.88. The summed E-state index contributed by atoms with van der Waals surface area (Å²) in [6.07, 6.45) is 0.262. The van der Waals surface area contributed by atoms with Gasteiger partial charge >= 0.3 is 0 Å². The van der Waals surface area contributed by atoms with Crippen molar-refractivity contribution in [2.45, 2.75) is 26.4 Å². The van der Waals surface area contributed by atoms with Gasteiger partial charge in [-0.2, -0.15) is 0 Å². The van der Waals surface area contributed by atoms with Gasteiger partial charge in [0, 0.05) is 23.1 Å². The van der Waals surface area contributed by atoms with Crippen LogP contribution in [-0.2, 0) is 6.42 Å². The molecule has 1 aliphatic heterocycles. The summed E-state index contributed by atoms with van der Waals surface area (Å²) in [5.41, 5.74) is 5.97. The number of aromatic nitrogens is 4. The first-order valence-corrected chi connectivity index (χ1v) is 9.93. The number of hydrogen-bond donors (Lipinski definition) is 1. The topological polar surface area (TPSA) is 81.1 Å². The molecule has 1 atom stereocenters. The minimum absolute atomic E-state index is 0.321. The van der Waals surface area contributed by atoms with Crippen molar-refractivity contribution in [2.24, 2.45) is 4.99 Å². The summed E-state index contributed by atoms with van der Waals surface area (Å²) in [7, 11) is 1.89. The number of benzene rings is 2. The largest absolute Gasteiger partial charge is 0.361 e. The van der Waals surface area contributed by atoms with Gasteiger partial charge in [-0.25, -0.2) is 0 Å². The second-order valence-electron chi connectivity index (χ2n) is 7.34. The first-order chi connectivity index (χ1) is 14.7. The van der Waals surface area contributed by atoms with E-state index in [0.29, 0.717) is 6.42 Å². The molecule has 1 N–H and O–H groups in total. The van der Waals surface area contributed by atoms with Crippen LogP contribution in [0.3, 0.4) is 0 Å². The molecule has 4 aromatic rings. The van der Waals surface area contributed by atoms with Crippen LogP contribution >= 0.6 is 0 Å². The van der Waals surface area contributed by atoms with Crippen molar-refractivity contribution in [1.82, 2.24) is 25.2 Å². The zero-order chi connectivity index (χ0) is 20.7. The van der Waals surface area contributed by atoms with E-state index >= 15 is 0 Å². The first-order valence-electron chi connectivity index (χ1n) is 9.93. The van der Waals surface area contributed by atoms with Gasteiger partial charge in [0.2, 0.25) is 0 Å². The third-order valence-corrected chi connectivity index (χ3v) is 5.49. The molecule has 0 amide bonds. The molecule has 1 aliphatic rings. The molecule has 0 aliphatic carbocycles. The third kappa shape index (κ3) is 2.95. The number of hydrogen-bond acceptors (Lipinski definition) is 6. The van der Waals surface area contributed by atoms with Gasteiger partial charge in [-0.15, -0.1) is 10.2 Å². The Labute approximate surface area is 174 Å². The molecule has 5 rings (SSSR count). The lowest BCUT2D eigenvalue weighted by atomic mass is 10.0. The van der Waals surface area contributed by atoms with E-state index in [4.69, 9.17) is 9.52 Å². The lowest BCUT2D eigenvalue weighted by Gasteiger charge is -2.13. The smallest absolute Gasteiger partial charge is 0.177 e. The van der Waals surface area contributed by atoms with Gasteiger partial charge in [0.15, 0.2) is 12.0 Å². The Hall–Kier alpha value is -3.58. The van der Waals surface area contributed by atoms with Gasteiger partial charge in [0.05, 0.1) is 17.1 Å². The van der Waals surface area contributed by atoms with Gasteiger partial charge in [0.1, 0.15) is 11.6 Å². The molecule has 0 bridgehead atoms. The maximum Gasteiger partial charge on any atom is 0.177 e. The van der Waals surface area contributed by atoms with E-state index in [9.17, 15) is 0 Å². The molecule has 0 fully saturated rings. The van der Waals surface area contributed by atoms with Crippen molar-refractivity contribution in [2.75, 3.05) is 7.05 Å². The van der Waals surface area contributed by atoms with E-state index in [1.165, 1.54) is 0 Å². The zero-order valence-electron chi connectivity index (χ0n) is 17.1. The van der Waals surface area contributed by atoms with Gasteiger partial charge in [0.25, 0.3) is 0 Å². The zero-order valence-corrected chi connectivity index (χ0v) is 17.1. The van der Waals surface area contributed by atoms with Crippen LogP contribution in [0.15, 0.2) is 64.1 Å². The second-order valence-corrected chi connectivity index (χ2v) is 7.34. The second kappa shape index (κ2) is 7.35. The maximum absolute atomic E-state index is 5.36. The summed E-state index contributed by atoms with van der Waals surface area (Å²) < 4.78 is 7.47. The number of aliphatic imine (C=N–C) groups is 1. The predicted octanol–water partition coefficient (Wildman–Crippen LogP) is 3.53. The van der Waals surface area contributed by atoms with E-state index in [1.807, 2.05) is 51.2 Å². The Morgan fingerprint density at radius 1 is 1.00 bits per heavy atom. The third-order valence-electron chi connectivity index (χ3n) is 5.49. The minimum atomic E-state index is -0.321. The molecule has 3 heterocycles. The summed E-state index contributed by atoms with van der Waals surface area (Å²) >= 11 is 0.